The number of nitrogens with one attached hydrogen (secondary N) is 1. The van der Waals surface area contributed by atoms with Crippen molar-refractivity contribution in [3.05, 3.63) is 60.7 Å². The fourth-order valence-corrected chi connectivity index (χ4v) is 2.57. The van der Waals surface area contributed by atoms with Gasteiger partial charge in [0.2, 0.25) is 0 Å². The lowest BCUT2D eigenvalue weighted by Crippen LogP contribution is -1.86. The van der Waals surface area contributed by atoms with Crippen molar-refractivity contribution in [2.45, 2.75) is 0 Å². The molecule has 0 aliphatic heterocycles. The first-order valence-electron chi connectivity index (χ1n) is 6.55. The molecule has 3 heteroatoms. The van der Waals surface area contributed by atoms with Gasteiger partial charge in [0.1, 0.15) is 5.82 Å². The largest absolute Gasteiger partial charge is 0.399 e. The van der Waals surface area contributed by atoms with Crippen molar-refractivity contribution >= 4 is 27.5 Å². The first kappa shape index (κ1) is 11.1. The molecule has 4 aromatic rings. The van der Waals surface area contributed by atoms with Crippen LogP contribution < -0.4 is 5.73 Å². The van der Waals surface area contributed by atoms with Gasteiger partial charge in [-0.15, -0.1) is 0 Å². The van der Waals surface area contributed by atoms with Crippen LogP contribution in [-0.4, -0.2) is 9.97 Å². The highest BCUT2D eigenvalue weighted by Gasteiger charge is 2.08. The van der Waals surface area contributed by atoms with Gasteiger partial charge < -0.3 is 10.7 Å². The van der Waals surface area contributed by atoms with Gasteiger partial charge in [0.25, 0.3) is 0 Å². The molecule has 3 aromatic carbocycles. The summed E-state index contributed by atoms with van der Waals surface area (Å²) in [6.07, 6.45) is 0. The van der Waals surface area contributed by atoms with Crippen LogP contribution in [0.2, 0.25) is 0 Å². The smallest absolute Gasteiger partial charge is 0.138 e. The molecule has 0 aliphatic carbocycles. The van der Waals surface area contributed by atoms with Gasteiger partial charge in [0.15, 0.2) is 0 Å². The highest BCUT2D eigenvalue weighted by molar-refractivity contribution is 6.04. The van der Waals surface area contributed by atoms with Gasteiger partial charge in [-0.25, -0.2) is 4.98 Å². The zero-order valence-corrected chi connectivity index (χ0v) is 10.8. The van der Waals surface area contributed by atoms with Crippen molar-refractivity contribution in [2.24, 2.45) is 0 Å². The predicted molar refractivity (Wildman–Crippen MR) is 83.4 cm³/mol. The fourth-order valence-electron chi connectivity index (χ4n) is 2.57. The number of fused-ring (bicyclic) bond motifs is 3. The first-order valence-corrected chi connectivity index (χ1v) is 6.55. The Labute approximate surface area is 116 Å². The molecule has 0 spiro atoms. The third-order valence-corrected chi connectivity index (χ3v) is 3.54. The van der Waals surface area contributed by atoms with Crippen molar-refractivity contribution in [1.82, 2.24) is 9.97 Å². The number of anilines is 1. The molecule has 0 saturated carbocycles. The van der Waals surface area contributed by atoms with Crippen molar-refractivity contribution in [2.75, 3.05) is 5.73 Å². The van der Waals surface area contributed by atoms with E-state index < -0.39 is 0 Å². The number of benzene rings is 3. The SMILES string of the molecule is Nc1cccc(-c2nc3c(ccc4ccccc43)[nH]2)c1. The molecule has 3 N–H and O–H groups in total. The number of nitrogens with zero attached hydrogens (tertiary/aromatic N) is 1. The summed E-state index contributed by atoms with van der Waals surface area (Å²) in [4.78, 5) is 8.11. The zero-order valence-electron chi connectivity index (χ0n) is 10.8. The molecular formula is C17H13N3. The van der Waals surface area contributed by atoms with Crippen molar-refractivity contribution in [1.29, 1.82) is 0 Å². The Balaban J connectivity index is 2.01. The minimum absolute atomic E-state index is 0.743. The third kappa shape index (κ3) is 1.64. The molecule has 0 amide bonds. The summed E-state index contributed by atoms with van der Waals surface area (Å²) in [6, 6.07) is 20.2. The Hall–Kier alpha value is -2.81. The van der Waals surface area contributed by atoms with Crippen LogP contribution in [0.25, 0.3) is 33.2 Å². The van der Waals surface area contributed by atoms with Crippen LogP contribution in [0.3, 0.4) is 0 Å². The lowest BCUT2D eigenvalue weighted by molar-refractivity contribution is 1.34. The van der Waals surface area contributed by atoms with E-state index in [9.17, 15) is 0 Å². The van der Waals surface area contributed by atoms with Crippen LogP contribution in [0, 0.1) is 0 Å². The summed E-state index contributed by atoms with van der Waals surface area (Å²) in [5.74, 6) is 0.851. The second-order valence-corrected chi connectivity index (χ2v) is 4.89. The van der Waals surface area contributed by atoms with Crippen LogP contribution in [0.5, 0.6) is 0 Å². The summed E-state index contributed by atoms with van der Waals surface area (Å²) in [6.45, 7) is 0. The van der Waals surface area contributed by atoms with Gasteiger partial charge in [0, 0.05) is 16.6 Å². The topological polar surface area (TPSA) is 54.7 Å². The standard InChI is InChI=1S/C17H13N3/c18-13-6-3-5-12(10-13)17-19-15-9-8-11-4-1-2-7-14(11)16(15)20-17/h1-10H,18H2,(H,19,20). The van der Waals surface area contributed by atoms with Gasteiger partial charge in [-0.3, -0.25) is 0 Å². The number of nitrogen functional groups attached to an aromatic ring is 1. The van der Waals surface area contributed by atoms with E-state index in [1.54, 1.807) is 0 Å². The van der Waals surface area contributed by atoms with E-state index in [-0.39, 0.29) is 0 Å². The Kier molecular flexibility index (Phi) is 2.27. The number of hydrogen-bond donors (Lipinski definition) is 2. The number of H-pyrrole nitrogens is 1. The van der Waals surface area contributed by atoms with Crippen molar-refractivity contribution < 1.29 is 0 Å². The van der Waals surface area contributed by atoms with Gasteiger partial charge >= 0.3 is 0 Å². The molecule has 4 rings (SSSR count). The van der Waals surface area contributed by atoms with Crippen LogP contribution in [0.15, 0.2) is 60.7 Å². The highest BCUT2D eigenvalue weighted by atomic mass is 14.9. The average molecular weight is 259 g/mol. The molecule has 0 atom stereocenters. The van der Waals surface area contributed by atoms with Gasteiger partial charge in [-0.1, -0.05) is 42.5 Å². The monoisotopic (exact) mass is 259 g/mol. The normalized spacial score (nSPS) is 11.2. The third-order valence-electron chi connectivity index (χ3n) is 3.54. The van der Waals surface area contributed by atoms with Crippen molar-refractivity contribution in [3.8, 4) is 11.4 Å². The van der Waals surface area contributed by atoms with E-state index in [0.29, 0.717) is 0 Å². The Morgan fingerprint density at radius 3 is 2.70 bits per heavy atom. The van der Waals surface area contributed by atoms with E-state index in [1.807, 2.05) is 36.4 Å². The number of nitrogens with two attached hydrogens (primary N) is 1. The maximum absolute atomic E-state index is 5.84. The molecule has 0 unspecified atom stereocenters. The summed E-state index contributed by atoms with van der Waals surface area (Å²) in [5, 5.41) is 2.36. The fraction of sp³-hybridized carbons (Fsp3) is 0. The summed E-state index contributed by atoms with van der Waals surface area (Å²) in [7, 11) is 0. The number of aromatic amines is 1. The van der Waals surface area contributed by atoms with Gasteiger partial charge in [-0.05, 0) is 23.6 Å². The summed E-state index contributed by atoms with van der Waals surface area (Å²) >= 11 is 0. The van der Waals surface area contributed by atoms with Crippen LogP contribution in [0.1, 0.15) is 0 Å². The number of aromatic nitrogens is 2. The lowest BCUT2D eigenvalue weighted by atomic mass is 10.1. The van der Waals surface area contributed by atoms with E-state index in [4.69, 9.17) is 10.7 Å². The first-order chi connectivity index (χ1) is 9.81. The molecule has 1 heterocycles. The second-order valence-electron chi connectivity index (χ2n) is 4.89. The van der Waals surface area contributed by atoms with E-state index in [0.717, 1.165) is 33.5 Å². The van der Waals surface area contributed by atoms with E-state index in [2.05, 4.69) is 29.2 Å². The number of imidazole rings is 1. The van der Waals surface area contributed by atoms with Crippen molar-refractivity contribution in [3.63, 3.8) is 0 Å². The predicted octanol–water partition coefficient (Wildman–Crippen LogP) is 3.97. The molecule has 1 aromatic heterocycles. The summed E-state index contributed by atoms with van der Waals surface area (Å²) < 4.78 is 0. The summed E-state index contributed by atoms with van der Waals surface area (Å²) in [5.41, 5.74) is 9.63. The molecule has 3 nitrogen and oxygen atoms in total. The van der Waals surface area contributed by atoms with Crippen LogP contribution in [-0.2, 0) is 0 Å². The molecular weight excluding hydrogens is 246 g/mol. The van der Waals surface area contributed by atoms with Crippen LogP contribution >= 0.6 is 0 Å². The minimum atomic E-state index is 0.743. The zero-order chi connectivity index (χ0) is 13.5. The number of rotatable bonds is 1. The molecule has 0 radical (unpaired) electrons. The molecule has 0 fully saturated rings. The second kappa shape index (κ2) is 4.10. The molecule has 0 saturated heterocycles. The molecule has 0 aliphatic rings. The van der Waals surface area contributed by atoms with E-state index >= 15 is 0 Å². The minimum Gasteiger partial charge on any atom is -0.399 e. The van der Waals surface area contributed by atoms with Gasteiger partial charge in [-0.2, -0.15) is 0 Å². The number of hydrogen-bond acceptors (Lipinski definition) is 2. The Morgan fingerprint density at radius 2 is 1.80 bits per heavy atom. The van der Waals surface area contributed by atoms with E-state index in [1.165, 1.54) is 5.39 Å². The molecule has 0 bridgehead atoms. The molecule has 96 valence electrons. The average Bonchev–Trinajstić information content (AvgIpc) is 2.92. The Morgan fingerprint density at radius 1 is 0.900 bits per heavy atom. The molecule has 20 heavy (non-hydrogen) atoms. The lowest BCUT2D eigenvalue weighted by Gasteiger charge is -1.97. The van der Waals surface area contributed by atoms with Crippen LogP contribution in [0.4, 0.5) is 5.69 Å². The highest BCUT2D eigenvalue weighted by Crippen LogP contribution is 2.27. The van der Waals surface area contributed by atoms with Gasteiger partial charge in [0.05, 0.1) is 11.0 Å². The Bertz CT molecular complexity index is 922. The maximum Gasteiger partial charge on any atom is 0.138 e. The quantitative estimate of drug-likeness (QED) is 0.508. The maximum atomic E-state index is 5.84.